The molecular weight excluding hydrogens is 546 g/mol. The van der Waals surface area contributed by atoms with E-state index in [4.69, 9.17) is 0 Å². The summed E-state index contributed by atoms with van der Waals surface area (Å²) < 4.78 is 27.5. The fraction of sp³-hybridized carbons (Fsp3) is 0.294. The van der Waals surface area contributed by atoms with Crippen LogP contribution in [-0.4, -0.2) is 50.0 Å². The van der Waals surface area contributed by atoms with Gasteiger partial charge in [-0.15, -0.1) is 0 Å². The maximum Gasteiger partial charge on any atom is 0.244 e. The summed E-state index contributed by atoms with van der Waals surface area (Å²) in [6.07, 6.45) is 2.12. The van der Waals surface area contributed by atoms with Gasteiger partial charge in [0.2, 0.25) is 21.8 Å². The predicted octanol–water partition coefficient (Wildman–Crippen LogP) is 5.47. The zero-order valence-electron chi connectivity index (χ0n) is 24.7. The Bertz CT molecular complexity index is 1620. The van der Waals surface area contributed by atoms with Crippen LogP contribution in [-0.2, 0) is 32.6 Å². The molecule has 0 radical (unpaired) electrons. The number of amides is 2. The zero-order valence-corrected chi connectivity index (χ0v) is 25.5. The molecule has 4 aromatic rings. The zero-order chi connectivity index (χ0) is 30.3. The van der Waals surface area contributed by atoms with E-state index in [9.17, 15) is 18.0 Å². The first kappa shape index (κ1) is 30.8. The highest BCUT2D eigenvalue weighted by Gasteiger charge is 2.33. The number of carbonyl (C=O) groups excluding carboxylic acids is 2. The summed E-state index contributed by atoms with van der Waals surface area (Å²) >= 11 is 0. The maximum atomic E-state index is 14.3. The van der Waals surface area contributed by atoms with Crippen molar-refractivity contribution in [3.8, 4) is 0 Å². The van der Waals surface area contributed by atoms with Crippen LogP contribution < -0.4 is 9.62 Å². The monoisotopic (exact) mass is 585 g/mol. The first-order valence-corrected chi connectivity index (χ1v) is 16.1. The molecule has 0 bridgehead atoms. The average Bonchev–Trinajstić information content (AvgIpc) is 2.98. The van der Waals surface area contributed by atoms with E-state index in [0.29, 0.717) is 5.69 Å². The van der Waals surface area contributed by atoms with Crippen LogP contribution in [0.15, 0.2) is 97.1 Å². The van der Waals surface area contributed by atoms with E-state index in [1.807, 2.05) is 106 Å². The van der Waals surface area contributed by atoms with Crippen molar-refractivity contribution in [1.82, 2.24) is 10.2 Å². The van der Waals surface area contributed by atoms with E-state index in [1.165, 1.54) is 4.90 Å². The van der Waals surface area contributed by atoms with Crippen molar-refractivity contribution in [2.24, 2.45) is 0 Å². The van der Waals surface area contributed by atoms with Crippen LogP contribution in [0.4, 0.5) is 5.69 Å². The molecule has 0 saturated carbocycles. The molecule has 0 spiro atoms. The number of nitrogens with zero attached hydrogens (tertiary/aromatic N) is 2. The summed E-state index contributed by atoms with van der Waals surface area (Å²) in [5.74, 6) is -0.737. The number of anilines is 1. The lowest BCUT2D eigenvalue weighted by atomic mass is 10.0. The lowest BCUT2D eigenvalue weighted by Gasteiger charge is -2.34. The molecule has 0 unspecified atom stereocenters. The molecule has 4 rings (SSSR count). The molecule has 4 aromatic carbocycles. The normalized spacial score (nSPS) is 12.9. The molecule has 0 aromatic heterocycles. The fourth-order valence-corrected chi connectivity index (χ4v) is 5.77. The average molecular weight is 586 g/mol. The van der Waals surface area contributed by atoms with Crippen molar-refractivity contribution in [2.45, 2.75) is 52.2 Å². The first-order valence-electron chi connectivity index (χ1n) is 14.2. The van der Waals surface area contributed by atoms with Crippen molar-refractivity contribution in [3.63, 3.8) is 0 Å². The Morgan fingerprint density at radius 2 is 1.48 bits per heavy atom. The third-order valence-corrected chi connectivity index (χ3v) is 8.59. The maximum absolute atomic E-state index is 14.3. The summed E-state index contributed by atoms with van der Waals surface area (Å²) in [4.78, 5) is 29.6. The minimum atomic E-state index is -3.86. The molecule has 2 atom stereocenters. The van der Waals surface area contributed by atoms with Crippen LogP contribution in [0.1, 0.15) is 37.0 Å². The van der Waals surface area contributed by atoms with Crippen molar-refractivity contribution in [2.75, 3.05) is 17.1 Å². The van der Waals surface area contributed by atoms with Gasteiger partial charge < -0.3 is 10.2 Å². The van der Waals surface area contributed by atoms with Crippen LogP contribution in [0.5, 0.6) is 0 Å². The summed E-state index contributed by atoms with van der Waals surface area (Å²) in [6.45, 7) is 5.60. The van der Waals surface area contributed by atoms with Gasteiger partial charge in [0, 0.05) is 24.4 Å². The van der Waals surface area contributed by atoms with Gasteiger partial charge in [-0.1, -0.05) is 103 Å². The number of rotatable bonds is 12. The topological polar surface area (TPSA) is 86.8 Å². The molecule has 8 heteroatoms. The second-order valence-electron chi connectivity index (χ2n) is 10.8. The van der Waals surface area contributed by atoms with Crippen LogP contribution in [0, 0.1) is 6.92 Å². The highest BCUT2D eigenvalue weighted by atomic mass is 32.2. The summed E-state index contributed by atoms with van der Waals surface area (Å²) in [5.41, 5.74) is 3.24. The van der Waals surface area contributed by atoms with Gasteiger partial charge in [0.15, 0.2) is 0 Å². The van der Waals surface area contributed by atoms with Crippen molar-refractivity contribution < 1.29 is 18.0 Å². The second-order valence-corrected chi connectivity index (χ2v) is 12.7. The Morgan fingerprint density at radius 1 is 0.833 bits per heavy atom. The van der Waals surface area contributed by atoms with Gasteiger partial charge >= 0.3 is 0 Å². The minimum Gasteiger partial charge on any atom is -0.352 e. The highest BCUT2D eigenvalue weighted by Crippen LogP contribution is 2.29. The van der Waals surface area contributed by atoms with E-state index >= 15 is 0 Å². The number of nitrogens with one attached hydrogen (secondary N) is 1. The number of sulfonamides is 1. The van der Waals surface area contributed by atoms with Crippen LogP contribution in [0.25, 0.3) is 10.8 Å². The Balaban J connectivity index is 1.78. The Labute approximate surface area is 249 Å². The molecule has 0 saturated heterocycles. The molecule has 0 fully saturated rings. The fourth-order valence-electron chi connectivity index (χ4n) is 4.91. The summed E-state index contributed by atoms with van der Waals surface area (Å²) in [7, 11) is -3.86. The smallest absolute Gasteiger partial charge is 0.244 e. The first-order chi connectivity index (χ1) is 20.1. The summed E-state index contributed by atoms with van der Waals surface area (Å²) in [6, 6.07) is 29.3. The molecule has 220 valence electrons. The third kappa shape index (κ3) is 7.76. The molecule has 42 heavy (non-hydrogen) atoms. The highest BCUT2D eigenvalue weighted by molar-refractivity contribution is 7.92. The largest absolute Gasteiger partial charge is 0.352 e. The SMILES string of the molecule is CC[C@H](C)NC(=O)[C@@H](Cc1ccccc1)N(Cc1ccc(C)cc1)C(=O)CN(c1cccc2ccccc12)S(C)(=O)=O. The van der Waals surface area contributed by atoms with Gasteiger partial charge in [-0.25, -0.2) is 8.42 Å². The third-order valence-electron chi connectivity index (χ3n) is 7.46. The van der Waals surface area contributed by atoms with E-state index in [2.05, 4.69) is 5.32 Å². The molecular formula is C34H39N3O4S. The van der Waals surface area contributed by atoms with Gasteiger partial charge in [0.05, 0.1) is 11.9 Å². The number of fused-ring (bicyclic) bond motifs is 1. The van der Waals surface area contributed by atoms with E-state index in [1.54, 1.807) is 12.1 Å². The van der Waals surface area contributed by atoms with Gasteiger partial charge in [0.1, 0.15) is 12.6 Å². The van der Waals surface area contributed by atoms with E-state index in [0.717, 1.165) is 44.4 Å². The van der Waals surface area contributed by atoms with Gasteiger partial charge in [-0.05, 0) is 42.8 Å². The van der Waals surface area contributed by atoms with Gasteiger partial charge in [-0.3, -0.25) is 13.9 Å². The van der Waals surface area contributed by atoms with E-state index < -0.39 is 28.5 Å². The second kappa shape index (κ2) is 13.7. The molecule has 0 aliphatic rings. The molecule has 1 N–H and O–H groups in total. The Morgan fingerprint density at radius 3 is 2.14 bits per heavy atom. The lowest BCUT2D eigenvalue weighted by molar-refractivity contribution is -0.140. The molecule has 7 nitrogen and oxygen atoms in total. The number of hydrogen-bond acceptors (Lipinski definition) is 4. The Hall–Kier alpha value is -4.17. The van der Waals surface area contributed by atoms with Crippen LogP contribution >= 0.6 is 0 Å². The predicted molar refractivity (Wildman–Crippen MR) is 170 cm³/mol. The standard InChI is InChI=1S/C34H39N3O4S/c1-5-26(3)35-34(39)32(22-27-12-7-6-8-13-27)36(23-28-20-18-25(2)19-21-28)33(38)24-37(42(4,40)41)31-17-11-15-29-14-9-10-16-30(29)31/h6-21,26,32H,5,22-24H2,1-4H3,(H,35,39)/t26-,32+/m0/s1. The number of hydrogen-bond donors (Lipinski definition) is 1. The molecule has 0 aliphatic heterocycles. The van der Waals surface area contributed by atoms with Crippen LogP contribution in [0.2, 0.25) is 0 Å². The lowest BCUT2D eigenvalue weighted by Crippen LogP contribution is -2.54. The van der Waals surface area contributed by atoms with E-state index in [-0.39, 0.29) is 24.9 Å². The van der Waals surface area contributed by atoms with Crippen molar-refractivity contribution in [1.29, 1.82) is 0 Å². The van der Waals surface area contributed by atoms with Gasteiger partial charge in [-0.2, -0.15) is 0 Å². The summed E-state index contributed by atoms with van der Waals surface area (Å²) in [5, 5.41) is 4.64. The number of aryl methyl sites for hydroxylation is 1. The molecule has 0 aliphatic carbocycles. The number of carbonyl (C=O) groups is 2. The number of benzene rings is 4. The van der Waals surface area contributed by atoms with Crippen molar-refractivity contribution in [3.05, 3.63) is 114 Å². The molecule has 0 heterocycles. The van der Waals surface area contributed by atoms with Crippen molar-refractivity contribution >= 4 is 38.3 Å². The quantitative estimate of drug-likeness (QED) is 0.239. The van der Waals surface area contributed by atoms with Crippen LogP contribution in [0.3, 0.4) is 0 Å². The van der Waals surface area contributed by atoms with Gasteiger partial charge in [0.25, 0.3) is 0 Å². The minimum absolute atomic E-state index is 0.0877. The molecule has 2 amide bonds. The Kier molecular flexibility index (Phi) is 10.0.